The predicted molar refractivity (Wildman–Crippen MR) is 66.4 cm³/mol. The van der Waals surface area contributed by atoms with Gasteiger partial charge < -0.3 is 0 Å². The van der Waals surface area contributed by atoms with Crippen molar-refractivity contribution in [3.05, 3.63) is 34.4 Å². The highest BCUT2D eigenvalue weighted by Crippen LogP contribution is 2.39. The minimum absolute atomic E-state index is 0.799. The predicted octanol–water partition coefficient (Wildman–Crippen LogP) is 4.38. The molecule has 1 aromatic rings. The van der Waals surface area contributed by atoms with Gasteiger partial charge in [-0.1, -0.05) is 26.0 Å². The molecular formula is C15H22. The number of hydrogen-bond donors (Lipinski definition) is 0. The van der Waals surface area contributed by atoms with Crippen molar-refractivity contribution in [2.75, 3.05) is 0 Å². The van der Waals surface area contributed by atoms with Gasteiger partial charge in [-0.2, -0.15) is 0 Å². The number of hydrogen-bond acceptors (Lipinski definition) is 0. The third-order valence-corrected chi connectivity index (χ3v) is 4.15. The molecule has 0 saturated carbocycles. The fourth-order valence-electron chi connectivity index (χ4n) is 2.97. The molecule has 0 aromatic heterocycles. The molecule has 2 rings (SSSR count). The lowest BCUT2D eigenvalue weighted by atomic mass is 9.74. The maximum atomic E-state index is 2.44. The third kappa shape index (κ3) is 1.82. The minimum atomic E-state index is 0.799. The van der Waals surface area contributed by atoms with Gasteiger partial charge in [0.1, 0.15) is 0 Å². The van der Waals surface area contributed by atoms with Crippen molar-refractivity contribution in [1.29, 1.82) is 0 Å². The van der Waals surface area contributed by atoms with E-state index in [1.165, 1.54) is 30.4 Å². The summed E-state index contributed by atoms with van der Waals surface area (Å²) >= 11 is 0. The van der Waals surface area contributed by atoms with Crippen LogP contribution in [-0.4, -0.2) is 0 Å². The second-order valence-corrected chi connectivity index (χ2v) is 5.17. The Morgan fingerprint density at radius 1 is 1.20 bits per heavy atom. The zero-order valence-corrected chi connectivity index (χ0v) is 10.4. The smallest absolute Gasteiger partial charge is 0.0136 e. The zero-order chi connectivity index (χ0) is 11.0. The molecule has 0 radical (unpaired) electrons. The van der Waals surface area contributed by atoms with Crippen LogP contribution in [0.3, 0.4) is 0 Å². The van der Waals surface area contributed by atoms with Gasteiger partial charge in [0.15, 0.2) is 0 Å². The van der Waals surface area contributed by atoms with Crippen molar-refractivity contribution in [2.45, 2.75) is 52.9 Å². The van der Waals surface area contributed by atoms with Crippen molar-refractivity contribution in [1.82, 2.24) is 0 Å². The van der Waals surface area contributed by atoms with Gasteiger partial charge in [-0.25, -0.2) is 0 Å². The summed E-state index contributed by atoms with van der Waals surface area (Å²) in [6.07, 6.45) is 3.94. The Morgan fingerprint density at radius 2 is 1.87 bits per heavy atom. The summed E-state index contributed by atoms with van der Waals surface area (Å²) in [4.78, 5) is 0. The molecular weight excluding hydrogens is 180 g/mol. The van der Waals surface area contributed by atoms with Gasteiger partial charge >= 0.3 is 0 Å². The van der Waals surface area contributed by atoms with E-state index in [2.05, 4.69) is 39.8 Å². The first-order valence-electron chi connectivity index (χ1n) is 6.23. The molecule has 0 heterocycles. The molecule has 2 atom stereocenters. The van der Waals surface area contributed by atoms with Crippen LogP contribution in [0.15, 0.2) is 12.1 Å². The summed E-state index contributed by atoms with van der Waals surface area (Å²) in [7, 11) is 0. The second kappa shape index (κ2) is 4.00. The molecule has 1 aromatic carbocycles. The van der Waals surface area contributed by atoms with Crippen molar-refractivity contribution in [3.63, 3.8) is 0 Å². The van der Waals surface area contributed by atoms with E-state index in [1.807, 2.05) is 0 Å². The summed E-state index contributed by atoms with van der Waals surface area (Å²) in [6.45, 7) is 9.20. The van der Waals surface area contributed by atoms with Gasteiger partial charge in [-0.05, 0) is 67.2 Å². The Hall–Kier alpha value is -0.780. The first-order chi connectivity index (χ1) is 7.13. The van der Waals surface area contributed by atoms with Gasteiger partial charge in [0.2, 0.25) is 0 Å². The SMILES string of the molecule is CC[C@@H]1c2cc(C)c(C)cc2CC[C@H]1C. The van der Waals surface area contributed by atoms with Crippen molar-refractivity contribution in [3.8, 4) is 0 Å². The molecule has 0 bridgehead atoms. The summed E-state index contributed by atoms with van der Waals surface area (Å²) in [5.41, 5.74) is 6.17. The number of rotatable bonds is 1. The molecule has 0 fully saturated rings. The molecule has 0 heteroatoms. The van der Waals surface area contributed by atoms with Crippen LogP contribution in [0.2, 0.25) is 0 Å². The van der Waals surface area contributed by atoms with Crippen LogP contribution >= 0.6 is 0 Å². The van der Waals surface area contributed by atoms with Crippen molar-refractivity contribution >= 4 is 0 Å². The Balaban J connectivity index is 2.48. The topological polar surface area (TPSA) is 0 Å². The minimum Gasteiger partial charge on any atom is -0.0648 e. The lowest BCUT2D eigenvalue weighted by Crippen LogP contribution is -2.18. The van der Waals surface area contributed by atoms with Gasteiger partial charge in [0.25, 0.3) is 0 Å². The van der Waals surface area contributed by atoms with E-state index in [-0.39, 0.29) is 0 Å². The maximum Gasteiger partial charge on any atom is -0.0136 e. The standard InChI is InChI=1S/C15H22/c1-5-14-10(2)6-7-13-8-11(3)12(4)9-15(13)14/h8-10,14H,5-7H2,1-4H3/t10-,14+/m1/s1. The Morgan fingerprint density at radius 3 is 2.53 bits per heavy atom. The van der Waals surface area contributed by atoms with Crippen LogP contribution in [0.5, 0.6) is 0 Å². The van der Waals surface area contributed by atoms with Gasteiger partial charge in [-0.15, -0.1) is 0 Å². The highest BCUT2D eigenvalue weighted by atomic mass is 14.3. The van der Waals surface area contributed by atoms with E-state index in [4.69, 9.17) is 0 Å². The van der Waals surface area contributed by atoms with E-state index < -0.39 is 0 Å². The lowest BCUT2D eigenvalue weighted by Gasteiger charge is -2.31. The largest absolute Gasteiger partial charge is 0.0648 e. The molecule has 15 heavy (non-hydrogen) atoms. The monoisotopic (exact) mass is 202 g/mol. The summed E-state index contributed by atoms with van der Waals surface area (Å²) in [5, 5.41) is 0. The van der Waals surface area contributed by atoms with Crippen LogP contribution in [0.4, 0.5) is 0 Å². The highest BCUT2D eigenvalue weighted by Gasteiger charge is 2.25. The van der Waals surface area contributed by atoms with Crippen LogP contribution in [0.1, 0.15) is 54.9 Å². The molecule has 0 spiro atoms. The maximum absolute atomic E-state index is 2.44. The average Bonchev–Trinajstić information content (AvgIpc) is 2.21. The molecule has 0 unspecified atom stereocenters. The van der Waals surface area contributed by atoms with Crippen LogP contribution in [0.25, 0.3) is 0 Å². The first kappa shape index (κ1) is 10.7. The summed E-state index contributed by atoms with van der Waals surface area (Å²) in [5.74, 6) is 1.66. The molecule has 0 aliphatic heterocycles. The van der Waals surface area contributed by atoms with E-state index in [0.29, 0.717) is 0 Å². The van der Waals surface area contributed by atoms with Gasteiger partial charge in [0.05, 0.1) is 0 Å². The quantitative estimate of drug-likeness (QED) is 0.634. The zero-order valence-electron chi connectivity index (χ0n) is 10.4. The average molecular weight is 202 g/mol. The first-order valence-corrected chi connectivity index (χ1v) is 6.23. The van der Waals surface area contributed by atoms with Crippen LogP contribution in [-0.2, 0) is 6.42 Å². The number of aryl methyl sites for hydroxylation is 3. The molecule has 0 nitrogen and oxygen atoms in total. The van der Waals surface area contributed by atoms with Crippen LogP contribution in [0, 0.1) is 19.8 Å². The molecule has 1 aliphatic rings. The highest BCUT2D eigenvalue weighted by molar-refractivity contribution is 5.41. The second-order valence-electron chi connectivity index (χ2n) is 5.17. The molecule has 0 N–H and O–H groups in total. The molecule has 1 aliphatic carbocycles. The van der Waals surface area contributed by atoms with Gasteiger partial charge in [-0.3, -0.25) is 0 Å². The fourth-order valence-corrected chi connectivity index (χ4v) is 2.97. The normalized spacial score (nSPS) is 25.1. The van der Waals surface area contributed by atoms with Gasteiger partial charge in [0, 0.05) is 0 Å². The summed E-state index contributed by atoms with van der Waals surface area (Å²) < 4.78 is 0. The summed E-state index contributed by atoms with van der Waals surface area (Å²) in [6, 6.07) is 4.85. The molecule has 0 saturated heterocycles. The van der Waals surface area contributed by atoms with E-state index in [1.54, 1.807) is 11.1 Å². The van der Waals surface area contributed by atoms with Crippen molar-refractivity contribution < 1.29 is 0 Å². The van der Waals surface area contributed by atoms with E-state index in [9.17, 15) is 0 Å². The lowest BCUT2D eigenvalue weighted by molar-refractivity contribution is 0.393. The van der Waals surface area contributed by atoms with E-state index >= 15 is 0 Å². The molecule has 0 amide bonds. The Labute approximate surface area is 93.7 Å². The Kier molecular flexibility index (Phi) is 2.86. The number of fused-ring (bicyclic) bond motifs is 1. The Bertz CT molecular complexity index is 363. The number of benzene rings is 1. The van der Waals surface area contributed by atoms with Crippen molar-refractivity contribution in [2.24, 2.45) is 5.92 Å². The molecule has 82 valence electrons. The van der Waals surface area contributed by atoms with E-state index in [0.717, 1.165) is 11.8 Å². The third-order valence-electron chi connectivity index (χ3n) is 4.15. The fraction of sp³-hybridized carbons (Fsp3) is 0.600. The van der Waals surface area contributed by atoms with Crippen LogP contribution < -0.4 is 0 Å².